The maximum atomic E-state index is 12.4. The van der Waals surface area contributed by atoms with E-state index in [0.29, 0.717) is 24.7 Å². The maximum Gasteiger partial charge on any atom is 0.255 e. The van der Waals surface area contributed by atoms with Crippen LogP contribution in [0.1, 0.15) is 29.8 Å². The van der Waals surface area contributed by atoms with E-state index in [-0.39, 0.29) is 5.91 Å². The molecule has 4 nitrogen and oxygen atoms in total. The Bertz CT molecular complexity index is 872. The summed E-state index contributed by atoms with van der Waals surface area (Å²) in [5.41, 5.74) is 2.41. The lowest BCUT2D eigenvalue weighted by Gasteiger charge is -2.10. The van der Waals surface area contributed by atoms with Crippen molar-refractivity contribution in [2.75, 3.05) is 11.9 Å². The smallest absolute Gasteiger partial charge is 0.255 e. The first kappa shape index (κ1) is 19.5. The number of anilines is 1. The summed E-state index contributed by atoms with van der Waals surface area (Å²) in [5.74, 6) is 1.84. The Balaban J connectivity index is 1.52. The first-order valence-electron chi connectivity index (χ1n) is 9.41. The summed E-state index contributed by atoms with van der Waals surface area (Å²) >= 11 is 0. The summed E-state index contributed by atoms with van der Waals surface area (Å²) < 4.78 is 11.4. The molecule has 3 aromatic rings. The van der Waals surface area contributed by atoms with E-state index in [2.05, 4.69) is 19.2 Å². The SMILES string of the molecule is CC(C)COc1ccc(NC(=O)c2ccc(OCc3ccccc3)cc2)cc1. The Labute approximate surface area is 166 Å². The lowest BCUT2D eigenvalue weighted by Crippen LogP contribution is -2.11. The molecule has 0 saturated heterocycles. The highest BCUT2D eigenvalue weighted by Gasteiger charge is 2.07. The molecule has 0 bridgehead atoms. The first-order chi connectivity index (χ1) is 13.6. The quantitative estimate of drug-likeness (QED) is 0.561. The van der Waals surface area contributed by atoms with Crippen LogP contribution in [0.2, 0.25) is 0 Å². The highest BCUT2D eigenvalue weighted by atomic mass is 16.5. The van der Waals surface area contributed by atoms with Gasteiger partial charge in [-0.25, -0.2) is 0 Å². The highest BCUT2D eigenvalue weighted by Crippen LogP contribution is 2.19. The second kappa shape index (κ2) is 9.60. The predicted molar refractivity (Wildman–Crippen MR) is 112 cm³/mol. The highest BCUT2D eigenvalue weighted by molar-refractivity contribution is 6.04. The lowest BCUT2D eigenvalue weighted by atomic mass is 10.2. The second-order valence-electron chi connectivity index (χ2n) is 6.98. The van der Waals surface area contributed by atoms with Crippen LogP contribution in [0.25, 0.3) is 0 Å². The van der Waals surface area contributed by atoms with Gasteiger partial charge in [0.2, 0.25) is 0 Å². The summed E-state index contributed by atoms with van der Waals surface area (Å²) in [6.07, 6.45) is 0. The molecule has 1 N–H and O–H groups in total. The van der Waals surface area contributed by atoms with Crippen molar-refractivity contribution >= 4 is 11.6 Å². The van der Waals surface area contributed by atoms with Crippen molar-refractivity contribution in [3.8, 4) is 11.5 Å². The van der Waals surface area contributed by atoms with Crippen LogP contribution in [0.4, 0.5) is 5.69 Å². The van der Waals surface area contributed by atoms with Crippen molar-refractivity contribution in [3.05, 3.63) is 90.0 Å². The van der Waals surface area contributed by atoms with E-state index in [1.807, 2.05) is 54.6 Å². The van der Waals surface area contributed by atoms with Crippen molar-refractivity contribution in [3.63, 3.8) is 0 Å². The van der Waals surface area contributed by atoms with Gasteiger partial charge in [-0.3, -0.25) is 4.79 Å². The molecule has 0 heterocycles. The molecule has 0 aliphatic rings. The molecule has 0 fully saturated rings. The molecule has 28 heavy (non-hydrogen) atoms. The van der Waals surface area contributed by atoms with Crippen LogP contribution >= 0.6 is 0 Å². The number of rotatable bonds is 8. The number of benzene rings is 3. The van der Waals surface area contributed by atoms with Crippen LogP contribution < -0.4 is 14.8 Å². The molecule has 0 aliphatic carbocycles. The molecule has 0 spiro atoms. The number of ether oxygens (including phenoxy) is 2. The van der Waals surface area contributed by atoms with Gasteiger partial charge in [-0.2, -0.15) is 0 Å². The van der Waals surface area contributed by atoms with Gasteiger partial charge in [-0.1, -0.05) is 44.2 Å². The van der Waals surface area contributed by atoms with Crippen LogP contribution in [0, 0.1) is 5.92 Å². The van der Waals surface area contributed by atoms with Crippen molar-refractivity contribution in [2.45, 2.75) is 20.5 Å². The normalized spacial score (nSPS) is 10.5. The Morgan fingerprint density at radius 2 is 1.43 bits per heavy atom. The average Bonchev–Trinajstić information content (AvgIpc) is 2.73. The molecular formula is C24H25NO3. The third-order valence-corrected chi connectivity index (χ3v) is 4.06. The summed E-state index contributed by atoms with van der Waals surface area (Å²) in [5, 5.41) is 2.89. The van der Waals surface area contributed by atoms with Gasteiger partial charge < -0.3 is 14.8 Å². The average molecular weight is 375 g/mol. The van der Waals surface area contributed by atoms with E-state index in [9.17, 15) is 4.79 Å². The van der Waals surface area contributed by atoms with Gasteiger partial charge in [0.25, 0.3) is 5.91 Å². The minimum absolute atomic E-state index is 0.162. The van der Waals surface area contributed by atoms with Gasteiger partial charge in [0.15, 0.2) is 0 Å². The molecule has 4 heteroatoms. The lowest BCUT2D eigenvalue weighted by molar-refractivity contribution is 0.102. The molecule has 0 atom stereocenters. The van der Waals surface area contributed by atoms with Crippen LogP contribution in [-0.4, -0.2) is 12.5 Å². The minimum atomic E-state index is -0.162. The van der Waals surface area contributed by atoms with Gasteiger partial charge in [-0.05, 0) is 60.0 Å². The number of carbonyl (C=O) groups excluding carboxylic acids is 1. The maximum absolute atomic E-state index is 12.4. The second-order valence-corrected chi connectivity index (χ2v) is 6.98. The largest absolute Gasteiger partial charge is 0.493 e. The van der Waals surface area contributed by atoms with Crippen LogP contribution in [-0.2, 0) is 6.61 Å². The molecule has 0 aliphatic heterocycles. The van der Waals surface area contributed by atoms with Gasteiger partial charge >= 0.3 is 0 Å². The zero-order valence-electron chi connectivity index (χ0n) is 16.2. The summed E-state index contributed by atoms with van der Waals surface area (Å²) in [6.45, 7) is 5.38. The van der Waals surface area contributed by atoms with E-state index in [1.165, 1.54) is 0 Å². The topological polar surface area (TPSA) is 47.6 Å². The Morgan fingerprint density at radius 3 is 2.07 bits per heavy atom. The van der Waals surface area contributed by atoms with E-state index in [4.69, 9.17) is 9.47 Å². The fraction of sp³-hybridized carbons (Fsp3) is 0.208. The minimum Gasteiger partial charge on any atom is -0.493 e. The number of hydrogen-bond donors (Lipinski definition) is 1. The van der Waals surface area contributed by atoms with Crippen LogP contribution in [0.3, 0.4) is 0 Å². The van der Waals surface area contributed by atoms with E-state index < -0.39 is 0 Å². The molecule has 0 unspecified atom stereocenters. The number of carbonyl (C=O) groups is 1. The fourth-order valence-electron chi connectivity index (χ4n) is 2.54. The third kappa shape index (κ3) is 5.88. The molecule has 3 aromatic carbocycles. The molecule has 3 rings (SSSR count). The molecule has 0 saturated carbocycles. The summed E-state index contributed by atoms with van der Waals surface area (Å²) in [6, 6.07) is 24.5. The molecular weight excluding hydrogens is 350 g/mol. The van der Waals surface area contributed by atoms with Crippen LogP contribution in [0.5, 0.6) is 11.5 Å². The molecule has 1 amide bonds. The Morgan fingerprint density at radius 1 is 0.821 bits per heavy atom. The molecule has 0 aromatic heterocycles. The van der Waals surface area contributed by atoms with E-state index in [1.54, 1.807) is 24.3 Å². The van der Waals surface area contributed by atoms with Crippen molar-refractivity contribution in [2.24, 2.45) is 5.92 Å². The summed E-state index contributed by atoms with van der Waals surface area (Å²) in [7, 11) is 0. The molecule has 0 radical (unpaired) electrons. The number of nitrogens with one attached hydrogen (secondary N) is 1. The Kier molecular flexibility index (Phi) is 6.68. The first-order valence-corrected chi connectivity index (χ1v) is 9.41. The van der Waals surface area contributed by atoms with Crippen molar-refractivity contribution < 1.29 is 14.3 Å². The zero-order chi connectivity index (χ0) is 19.8. The number of amides is 1. The standard InChI is InChI=1S/C24H25NO3/c1-18(2)16-27-23-14-10-21(11-15-23)25-24(26)20-8-12-22(13-9-20)28-17-19-6-4-3-5-7-19/h3-15,18H,16-17H2,1-2H3,(H,25,26). The Hall–Kier alpha value is -3.27. The predicted octanol–water partition coefficient (Wildman–Crippen LogP) is 5.55. The zero-order valence-corrected chi connectivity index (χ0v) is 16.2. The number of hydrogen-bond acceptors (Lipinski definition) is 3. The van der Waals surface area contributed by atoms with Gasteiger partial charge in [0, 0.05) is 11.3 Å². The fourth-order valence-corrected chi connectivity index (χ4v) is 2.54. The monoisotopic (exact) mass is 375 g/mol. The molecule has 144 valence electrons. The van der Waals surface area contributed by atoms with Gasteiger partial charge in [0.05, 0.1) is 6.61 Å². The van der Waals surface area contributed by atoms with Crippen molar-refractivity contribution in [1.82, 2.24) is 0 Å². The van der Waals surface area contributed by atoms with Gasteiger partial charge in [0.1, 0.15) is 18.1 Å². The van der Waals surface area contributed by atoms with E-state index in [0.717, 1.165) is 22.7 Å². The van der Waals surface area contributed by atoms with E-state index >= 15 is 0 Å². The summed E-state index contributed by atoms with van der Waals surface area (Å²) in [4.78, 5) is 12.4. The van der Waals surface area contributed by atoms with Crippen LogP contribution in [0.15, 0.2) is 78.9 Å². The van der Waals surface area contributed by atoms with Gasteiger partial charge in [-0.15, -0.1) is 0 Å². The van der Waals surface area contributed by atoms with Crippen molar-refractivity contribution in [1.29, 1.82) is 0 Å². The third-order valence-electron chi connectivity index (χ3n) is 4.06.